The molecule has 0 bridgehead atoms. The normalized spacial score (nSPS) is 26.5. The average Bonchev–Trinajstić information content (AvgIpc) is 2.29. The van der Waals surface area contributed by atoms with Gasteiger partial charge in [-0.25, -0.2) is 0 Å². The van der Waals surface area contributed by atoms with Crippen molar-refractivity contribution in [1.29, 1.82) is 0 Å². The fourth-order valence-electron chi connectivity index (χ4n) is 1.82. The third-order valence-electron chi connectivity index (χ3n) is 2.80. The predicted molar refractivity (Wildman–Crippen MR) is 71.4 cm³/mol. The number of halogens is 1. The van der Waals surface area contributed by atoms with Crippen LogP contribution in [0.3, 0.4) is 0 Å². The number of hydrogen-bond donors (Lipinski definition) is 1. The molecule has 1 fully saturated rings. The summed E-state index contributed by atoms with van der Waals surface area (Å²) in [6.45, 7) is 3.40. The Kier molecular flexibility index (Phi) is 4.12. The van der Waals surface area contributed by atoms with Crippen LogP contribution in [0.4, 0.5) is 0 Å². The highest BCUT2D eigenvalue weighted by atomic mass is 79.9. The van der Waals surface area contributed by atoms with E-state index in [0.29, 0.717) is 6.04 Å². The van der Waals surface area contributed by atoms with Crippen LogP contribution in [0.25, 0.3) is 0 Å². The molecule has 3 heteroatoms. The van der Waals surface area contributed by atoms with Gasteiger partial charge in [0.15, 0.2) is 0 Å². The second-order valence-corrected chi connectivity index (χ2v) is 6.13. The zero-order chi connectivity index (χ0) is 10.7. The fourth-order valence-corrected chi connectivity index (χ4v) is 3.47. The van der Waals surface area contributed by atoms with E-state index in [1.54, 1.807) is 0 Å². The lowest BCUT2D eigenvalue weighted by molar-refractivity contribution is 0.547. The van der Waals surface area contributed by atoms with Crippen LogP contribution in [-0.2, 0) is 0 Å². The Bertz CT molecular complexity index is 321. The van der Waals surface area contributed by atoms with Gasteiger partial charge in [0.2, 0.25) is 0 Å². The van der Waals surface area contributed by atoms with Gasteiger partial charge in [0.25, 0.3) is 0 Å². The molecule has 1 aliphatic rings. The van der Waals surface area contributed by atoms with Gasteiger partial charge < -0.3 is 5.32 Å². The largest absolute Gasteiger partial charge is 0.308 e. The Morgan fingerprint density at radius 3 is 3.00 bits per heavy atom. The van der Waals surface area contributed by atoms with Crippen molar-refractivity contribution in [2.75, 3.05) is 12.3 Å². The maximum Gasteiger partial charge on any atom is 0.0412 e. The molecule has 1 aliphatic heterocycles. The third-order valence-corrected chi connectivity index (χ3v) is 4.79. The lowest BCUT2D eigenvalue weighted by Crippen LogP contribution is -2.35. The van der Waals surface area contributed by atoms with E-state index in [1.165, 1.54) is 22.2 Å². The minimum absolute atomic E-state index is 0.523. The maximum absolute atomic E-state index is 3.62. The van der Waals surface area contributed by atoms with Crippen LogP contribution in [0.15, 0.2) is 28.7 Å². The monoisotopic (exact) mass is 285 g/mol. The molecule has 1 nitrogen and oxygen atoms in total. The Morgan fingerprint density at radius 2 is 2.40 bits per heavy atom. The van der Waals surface area contributed by atoms with E-state index in [9.17, 15) is 0 Å². The lowest BCUT2D eigenvalue weighted by Gasteiger charge is -2.29. The molecule has 1 aromatic rings. The van der Waals surface area contributed by atoms with E-state index >= 15 is 0 Å². The molecule has 2 rings (SSSR count). The summed E-state index contributed by atoms with van der Waals surface area (Å²) in [5, 5.41) is 4.42. The standard InChI is InChI=1S/C12H16BrNS/c1-2-11-7-14-12(8-15-11)9-4-3-5-10(13)6-9/h3-6,11-12,14H,2,7-8H2,1H3. The molecule has 2 atom stereocenters. The van der Waals surface area contributed by atoms with Gasteiger partial charge in [-0.05, 0) is 24.1 Å². The van der Waals surface area contributed by atoms with E-state index < -0.39 is 0 Å². The molecule has 15 heavy (non-hydrogen) atoms. The quantitative estimate of drug-likeness (QED) is 0.891. The van der Waals surface area contributed by atoms with E-state index in [4.69, 9.17) is 0 Å². The molecule has 0 aromatic heterocycles. The van der Waals surface area contributed by atoms with E-state index in [1.807, 2.05) is 0 Å². The number of rotatable bonds is 2. The van der Waals surface area contributed by atoms with Crippen molar-refractivity contribution in [2.24, 2.45) is 0 Å². The summed E-state index contributed by atoms with van der Waals surface area (Å²) in [6.07, 6.45) is 1.27. The highest BCUT2D eigenvalue weighted by molar-refractivity contribution is 9.10. The Balaban J connectivity index is 2.01. The molecule has 0 aliphatic carbocycles. The molecule has 82 valence electrons. The molecule has 2 unspecified atom stereocenters. The number of nitrogens with one attached hydrogen (secondary N) is 1. The van der Waals surface area contributed by atoms with Gasteiger partial charge in [-0.3, -0.25) is 0 Å². The smallest absolute Gasteiger partial charge is 0.0412 e. The van der Waals surface area contributed by atoms with Crippen molar-refractivity contribution < 1.29 is 0 Å². The SMILES string of the molecule is CCC1CNC(c2cccc(Br)c2)CS1. The van der Waals surface area contributed by atoms with E-state index in [0.717, 1.165) is 11.8 Å². The minimum Gasteiger partial charge on any atom is -0.308 e. The molecule has 1 saturated heterocycles. The topological polar surface area (TPSA) is 12.0 Å². The highest BCUT2D eigenvalue weighted by Crippen LogP contribution is 2.28. The van der Waals surface area contributed by atoms with Crippen LogP contribution >= 0.6 is 27.7 Å². The van der Waals surface area contributed by atoms with Crippen molar-refractivity contribution in [3.8, 4) is 0 Å². The van der Waals surface area contributed by atoms with Crippen LogP contribution in [0.2, 0.25) is 0 Å². The molecule has 1 heterocycles. The van der Waals surface area contributed by atoms with Gasteiger partial charge in [-0.15, -0.1) is 0 Å². The van der Waals surface area contributed by atoms with Crippen LogP contribution in [0.5, 0.6) is 0 Å². The molecule has 0 radical (unpaired) electrons. The van der Waals surface area contributed by atoms with Crippen LogP contribution in [0, 0.1) is 0 Å². The minimum atomic E-state index is 0.523. The van der Waals surface area contributed by atoms with Crippen molar-refractivity contribution in [3.05, 3.63) is 34.3 Å². The van der Waals surface area contributed by atoms with Gasteiger partial charge >= 0.3 is 0 Å². The summed E-state index contributed by atoms with van der Waals surface area (Å²) in [4.78, 5) is 0. The summed E-state index contributed by atoms with van der Waals surface area (Å²) < 4.78 is 1.17. The summed E-state index contributed by atoms with van der Waals surface area (Å²) in [7, 11) is 0. The first-order valence-corrected chi connectivity index (χ1v) is 7.24. The zero-order valence-corrected chi connectivity index (χ0v) is 11.3. The van der Waals surface area contributed by atoms with Gasteiger partial charge in [0.05, 0.1) is 0 Å². The first-order chi connectivity index (χ1) is 7.29. The molecular weight excluding hydrogens is 270 g/mol. The van der Waals surface area contributed by atoms with Gasteiger partial charge in [0, 0.05) is 28.1 Å². The highest BCUT2D eigenvalue weighted by Gasteiger charge is 2.20. The van der Waals surface area contributed by atoms with Gasteiger partial charge in [0.1, 0.15) is 0 Å². The number of thioether (sulfide) groups is 1. The van der Waals surface area contributed by atoms with Gasteiger partial charge in [-0.1, -0.05) is 35.0 Å². The zero-order valence-electron chi connectivity index (χ0n) is 8.87. The maximum atomic E-state index is 3.62. The van der Waals surface area contributed by atoms with E-state index in [-0.39, 0.29) is 0 Å². The molecular formula is C12H16BrNS. The van der Waals surface area contributed by atoms with Crippen molar-refractivity contribution in [2.45, 2.75) is 24.6 Å². The second-order valence-electron chi connectivity index (χ2n) is 3.88. The number of hydrogen-bond acceptors (Lipinski definition) is 2. The first-order valence-electron chi connectivity index (χ1n) is 5.40. The fraction of sp³-hybridized carbons (Fsp3) is 0.500. The van der Waals surface area contributed by atoms with Crippen molar-refractivity contribution >= 4 is 27.7 Å². The molecule has 0 saturated carbocycles. The molecule has 0 spiro atoms. The summed E-state index contributed by atoms with van der Waals surface area (Å²) in [5.74, 6) is 1.19. The van der Waals surface area contributed by atoms with Gasteiger partial charge in [-0.2, -0.15) is 11.8 Å². The first kappa shape index (κ1) is 11.5. The lowest BCUT2D eigenvalue weighted by atomic mass is 10.1. The summed E-state index contributed by atoms with van der Waals surface area (Å²) in [6, 6.07) is 9.13. The average molecular weight is 286 g/mol. The Hall–Kier alpha value is 0.01000. The molecule has 1 aromatic carbocycles. The van der Waals surface area contributed by atoms with Crippen molar-refractivity contribution in [1.82, 2.24) is 5.32 Å². The second kappa shape index (κ2) is 5.37. The van der Waals surface area contributed by atoms with Crippen molar-refractivity contribution in [3.63, 3.8) is 0 Å². The van der Waals surface area contributed by atoms with E-state index in [2.05, 4.69) is 64.2 Å². The molecule has 1 N–H and O–H groups in total. The Morgan fingerprint density at radius 1 is 1.53 bits per heavy atom. The molecule has 0 amide bonds. The number of benzene rings is 1. The Labute approximate surface area is 104 Å². The predicted octanol–water partition coefficient (Wildman–Crippen LogP) is 3.61. The summed E-state index contributed by atoms with van der Waals surface area (Å²) >= 11 is 5.61. The van der Waals surface area contributed by atoms with Crippen LogP contribution < -0.4 is 5.32 Å². The van der Waals surface area contributed by atoms with Crippen LogP contribution in [-0.4, -0.2) is 17.5 Å². The third kappa shape index (κ3) is 2.99. The summed E-state index contributed by atoms with van der Waals surface area (Å²) in [5.41, 5.74) is 1.39. The van der Waals surface area contributed by atoms with Crippen LogP contribution in [0.1, 0.15) is 24.9 Å².